The van der Waals surface area contributed by atoms with Crippen LogP contribution in [0.2, 0.25) is 0 Å². The van der Waals surface area contributed by atoms with Crippen LogP contribution in [0.4, 0.5) is 0 Å². The first-order valence-corrected chi connectivity index (χ1v) is 7.89. The molecule has 2 heterocycles. The van der Waals surface area contributed by atoms with Crippen LogP contribution in [-0.4, -0.2) is 39.3 Å². The van der Waals surface area contributed by atoms with Crippen molar-refractivity contribution in [3.63, 3.8) is 0 Å². The van der Waals surface area contributed by atoms with E-state index in [0.29, 0.717) is 5.56 Å². The minimum Gasteiger partial charge on any atom is -0.459 e. The van der Waals surface area contributed by atoms with Crippen molar-refractivity contribution < 1.29 is 19.0 Å². The molecule has 1 aromatic rings. The molecular weight excluding hydrogens is 294 g/mol. The molecule has 2 aliphatic heterocycles. The summed E-state index contributed by atoms with van der Waals surface area (Å²) in [6.45, 7) is 5.65. The van der Waals surface area contributed by atoms with E-state index in [-0.39, 0.29) is 37.2 Å². The van der Waals surface area contributed by atoms with E-state index in [1.165, 1.54) is 4.90 Å². The first-order chi connectivity index (χ1) is 10.8. The highest BCUT2D eigenvalue weighted by molar-refractivity contribution is 6.02. The third-order valence-electron chi connectivity index (χ3n) is 4.88. The Morgan fingerprint density at radius 3 is 2.57 bits per heavy atom. The van der Waals surface area contributed by atoms with Crippen LogP contribution in [0.25, 0.3) is 5.84 Å². The molecule has 0 aromatic heterocycles. The Morgan fingerprint density at radius 2 is 1.96 bits per heavy atom. The van der Waals surface area contributed by atoms with Crippen molar-refractivity contribution in [1.82, 2.24) is 4.90 Å². The summed E-state index contributed by atoms with van der Waals surface area (Å²) in [6, 6.07) is 4.36. The van der Waals surface area contributed by atoms with Gasteiger partial charge < -0.3 is 10.4 Å². The summed E-state index contributed by atoms with van der Waals surface area (Å²) in [5.41, 5.74) is 2.33. The van der Waals surface area contributed by atoms with Crippen LogP contribution < -0.4 is 0 Å². The summed E-state index contributed by atoms with van der Waals surface area (Å²) in [7, 11) is 0. The number of imide groups is 1. The summed E-state index contributed by atoms with van der Waals surface area (Å²) >= 11 is 0. The fraction of sp³-hybridized carbons (Fsp3) is 0.471. The van der Waals surface area contributed by atoms with Crippen molar-refractivity contribution in [2.24, 2.45) is 0 Å². The zero-order valence-corrected chi connectivity index (χ0v) is 13.6. The molecular formula is C17H21N3O3. The summed E-state index contributed by atoms with van der Waals surface area (Å²) in [5.74, 6) is 7.76. The number of hydrogen-bond donors (Lipinski definition) is 0. The number of quaternary nitrogens is 1. The maximum atomic E-state index is 12.8. The lowest BCUT2D eigenvalue weighted by Crippen LogP contribution is -2.62. The molecule has 1 fully saturated rings. The Labute approximate surface area is 135 Å². The number of hydrogen-bond acceptors (Lipinski definition) is 3. The number of amides is 3. The number of aryl methyl sites for hydroxylation is 1. The van der Waals surface area contributed by atoms with Crippen LogP contribution in [-0.2, 0) is 16.1 Å². The average Bonchev–Trinajstić information content (AvgIpc) is 2.73. The lowest BCUT2D eigenvalue weighted by molar-refractivity contribution is -0.826. The molecule has 3 amide bonds. The van der Waals surface area contributed by atoms with Crippen LogP contribution in [0.1, 0.15) is 48.2 Å². The molecule has 122 valence electrons. The van der Waals surface area contributed by atoms with E-state index in [9.17, 15) is 14.4 Å². The summed E-state index contributed by atoms with van der Waals surface area (Å²) < 4.78 is -0.699. The molecule has 1 saturated heterocycles. The van der Waals surface area contributed by atoms with Gasteiger partial charge in [-0.1, -0.05) is 12.1 Å². The molecule has 3 rings (SSSR count). The molecule has 2 atom stereocenters. The highest BCUT2D eigenvalue weighted by Crippen LogP contribution is 2.38. The molecule has 23 heavy (non-hydrogen) atoms. The molecule has 2 unspecified atom stereocenters. The summed E-state index contributed by atoms with van der Waals surface area (Å²) in [4.78, 5) is 38.8. The Hall–Kier alpha value is -2.05. The summed E-state index contributed by atoms with van der Waals surface area (Å²) in [5, 5.41) is 0. The third-order valence-corrected chi connectivity index (χ3v) is 4.88. The first kappa shape index (κ1) is 15.8. The Balaban J connectivity index is 1.99. The fourth-order valence-electron chi connectivity index (χ4n) is 3.64. The molecule has 0 bridgehead atoms. The smallest absolute Gasteiger partial charge is 0.337 e. The van der Waals surface area contributed by atoms with Gasteiger partial charge in [0.2, 0.25) is 5.91 Å². The van der Waals surface area contributed by atoms with Crippen molar-refractivity contribution in [3.8, 4) is 0 Å². The van der Waals surface area contributed by atoms with Gasteiger partial charge in [-0.15, -0.1) is 0 Å². The molecule has 6 nitrogen and oxygen atoms in total. The average molecular weight is 315 g/mol. The maximum absolute atomic E-state index is 12.8. The standard InChI is InChI=1S/C17H21N3O3/c1-10(2)19-15(21)8-7-14(16(19)22)20(18)9-13-11(3)5-4-6-12(13)17(20)23/h4-6,10,14,18H,7-9H2,1-3H3. The van der Waals surface area contributed by atoms with Gasteiger partial charge in [0.15, 0.2) is 6.04 Å². The number of rotatable bonds is 2. The van der Waals surface area contributed by atoms with Crippen molar-refractivity contribution in [2.45, 2.75) is 52.2 Å². The number of nitrogens with zero attached hydrogens (tertiary/aromatic N) is 2. The minimum atomic E-state index is -0.811. The lowest BCUT2D eigenvalue weighted by Gasteiger charge is -2.45. The predicted octanol–water partition coefficient (Wildman–Crippen LogP) is 2.36. The van der Waals surface area contributed by atoms with E-state index >= 15 is 0 Å². The second-order valence-electron chi connectivity index (χ2n) is 6.68. The molecule has 0 saturated carbocycles. The van der Waals surface area contributed by atoms with Crippen molar-refractivity contribution >= 4 is 17.7 Å². The Kier molecular flexibility index (Phi) is 3.61. The lowest BCUT2D eigenvalue weighted by atomic mass is 10.00. The highest BCUT2D eigenvalue weighted by Gasteiger charge is 2.51. The predicted molar refractivity (Wildman–Crippen MR) is 83.8 cm³/mol. The number of benzene rings is 1. The van der Waals surface area contributed by atoms with E-state index in [1.807, 2.05) is 13.0 Å². The Morgan fingerprint density at radius 1 is 1.26 bits per heavy atom. The number of carbonyl (C=O) groups is 3. The molecule has 1 aromatic carbocycles. The second-order valence-corrected chi connectivity index (χ2v) is 6.68. The van der Waals surface area contributed by atoms with Gasteiger partial charge in [0.25, 0.3) is 5.91 Å². The van der Waals surface area contributed by atoms with E-state index in [0.717, 1.165) is 11.1 Å². The monoisotopic (exact) mass is 315 g/mol. The number of piperidine rings is 1. The van der Waals surface area contributed by atoms with Gasteiger partial charge in [-0.25, -0.2) is 4.79 Å². The molecule has 0 spiro atoms. The molecule has 6 heteroatoms. The van der Waals surface area contributed by atoms with Gasteiger partial charge >= 0.3 is 5.91 Å². The zero-order valence-electron chi connectivity index (χ0n) is 13.6. The summed E-state index contributed by atoms with van der Waals surface area (Å²) in [6.07, 6.45) is 0.458. The second kappa shape index (κ2) is 5.25. The van der Waals surface area contributed by atoms with Crippen molar-refractivity contribution in [2.75, 3.05) is 0 Å². The van der Waals surface area contributed by atoms with Crippen LogP contribution in [0, 0.1) is 6.92 Å². The van der Waals surface area contributed by atoms with E-state index in [2.05, 4.69) is 0 Å². The van der Waals surface area contributed by atoms with E-state index in [1.54, 1.807) is 26.0 Å². The van der Waals surface area contributed by atoms with Gasteiger partial charge in [0, 0.05) is 24.4 Å². The van der Waals surface area contributed by atoms with Gasteiger partial charge in [-0.2, -0.15) is 0 Å². The van der Waals surface area contributed by atoms with Crippen molar-refractivity contribution in [1.29, 1.82) is 0 Å². The van der Waals surface area contributed by atoms with Crippen LogP contribution in [0.5, 0.6) is 0 Å². The minimum absolute atomic E-state index is 0.192. The number of fused-ring (bicyclic) bond motifs is 1. The van der Waals surface area contributed by atoms with Crippen LogP contribution in [0.15, 0.2) is 18.2 Å². The van der Waals surface area contributed by atoms with Gasteiger partial charge in [-0.3, -0.25) is 14.5 Å². The quantitative estimate of drug-likeness (QED) is 0.621. The van der Waals surface area contributed by atoms with Crippen molar-refractivity contribution in [3.05, 3.63) is 40.7 Å². The van der Waals surface area contributed by atoms with E-state index in [4.69, 9.17) is 5.84 Å². The molecule has 0 radical (unpaired) electrons. The first-order valence-electron chi connectivity index (χ1n) is 7.89. The maximum Gasteiger partial charge on any atom is 0.337 e. The van der Waals surface area contributed by atoms with Gasteiger partial charge in [0.1, 0.15) is 6.54 Å². The third kappa shape index (κ3) is 2.21. The number of likely N-dealkylation sites (tertiary alicyclic amines) is 1. The van der Waals surface area contributed by atoms with Gasteiger partial charge in [-0.05, 0) is 32.4 Å². The number of nitrogens with one attached hydrogen (secondary N) is 1. The largest absolute Gasteiger partial charge is 0.459 e. The van der Waals surface area contributed by atoms with Crippen LogP contribution in [0.3, 0.4) is 0 Å². The normalized spacial score (nSPS) is 27.8. The van der Waals surface area contributed by atoms with Crippen LogP contribution >= 0.6 is 0 Å². The topological polar surface area (TPSA) is 78.2 Å². The molecule has 2 aliphatic rings. The van der Waals surface area contributed by atoms with E-state index < -0.39 is 16.5 Å². The van der Waals surface area contributed by atoms with Gasteiger partial charge in [0.05, 0.1) is 5.56 Å². The highest BCUT2D eigenvalue weighted by atomic mass is 16.2. The zero-order chi connectivity index (χ0) is 16.9. The molecule has 0 aliphatic carbocycles. The Bertz CT molecular complexity index is 713. The molecule has 1 N–H and O–H groups in total. The fourth-order valence-corrected chi connectivity index (χ4v) is 3.64. The SMILES string of the molecule is Cc1cccc2c1C[N+]([NH-])(C1CCC(=O)N(C(C)C)C1=O)C2=O. The number of carbonyl (C=O) groups excluding carboxylic acids is 3.